The van der Waals surface area contributed by atoms with Gasteiger partial charge < -0.3 is 4.74 Å². The Balaban J connectivity index is 2.60. The van der Waals surface area contributed by atoms with Gasteiger partial charge in [-0.2, -0.15) is 17.0 Å². The van der Waals surface area contributed by atoms with Gasteiger partial charge in [0, 0.05) is 18.6 Å². The molecule has 0 saturated heterocycles. The van der Waals surface area contributed by atoms with Crippen LogP contribution in [0.2, 0.25) is 0 Å². The smallest absolute Gasteiger partial charge is 0.179 e. The van der Waals surface area contributed by atoms with Crippen molar-refractivity contribution in [3.63, 3.8) is 0 Å². The van der Waals surface area contributed by atoms with E-state index in [2.05, 4.69) is 0 Å². The van der Waals surface area contributed by atoms with E-state index in [1.165, 1.54) is 12.1 Å². The third kappa shape index (κ3) is 4.69. The maximum Gasteiger partial charge on any atom is 0.179 e. The highest BCUT2D eigenvalue weighted by molar-refractivity contribution is 8.00. The second kappa shape index (κ2) is 7.41. The highest BCUT2D eigenvalue weighted by atomic mass is 32.2. The summed E-state index contributed by atoms with van der Waals surface area (Å²) in [5, 5.41) is 8.74. The average molecular weight is 285 g/mol. The predicted octanol–water partition coefficient (Wildman–Crippen LogP) is 1.71. The third-order valence-corrected chi connectivity index (χ3v) is 5.17. The molecule has 0 N–H and O–H groups in total. The number of sulfone groups is 1. The molecule has 0 radical (unpaired) electrons. The molecule has 0 amide bonds. The molecule has 98 valence electrons. The molecule has 18 heavy (non-hydrogen) atoms. The van der Waals surface area contributed by atoms with Crippen molar-refractivity contribution < 1.29 is 13.2 Å². The summed E-state index contributed by atoms with van der Waals surface area (Å²) in [6, 6.07) is 8.05. The number of rotatable bonds is 7. The minimum absolute atomic E-state index is 0.0796. The van der Waals surface area contributed by atoms with Crippen molar-refractivity contribution in [2.24, 2.45) is 0 Å². The Morgan fingerprint density at radius 2 is 2.17 bits per heavy atom. The molecule has 0 aliphatic rings. The molecule has 0 aromatic heterocycles. The minimum atomic E-state index is -3.29. The van der Waals surface area contributed by atoms with E-state index in [1.54, 1.807) is 31.0 Å². The van der Waals surface area contributed by atoms with Crippen LogP contribution in [0.5, 0.6) is 0 Å². The first-order chi connectivity index (χ1) is 8.60. The van der Waals surface area contributed by atoms with Crippen LogP contribution in [0, 0.1) is 11.3 Å². The van der Waals surface area contributed by atoms with E-state index in [0.29, 0.717) is 17.9 Å². The Kier molecular flexibility index (Phi) is 6.19. The third-order valence-electron chi connectivity index (χ3n) is 2.25. The summed E-state index contributed by atoms with van der Waals surface area (Å²) in [5.41, 5.74) is 0.364. The lowest BCUT2D eigenvalue weighted by atomic mass is 10.2. The van der Waals surface area contributed by atoms with Gasteiger partial charge in [-0.05, 0) is 18.2 Å². The quantitative estimate of drug-likeness (QED) is 0.713. The number of hydrogen-bond acceptors (Lipinski definition) is 5. The van der Waals surface area contributed by atoms with E-state index >= 15 is 0 Å². The molecule has 1 aromatic rings. The maximum atomic E-state index is 12.0. The molecule has 0 saturated carbocycles. The van der Waals surface area contributed by atoms with Crippen LogP contribution in [0.25, 0.3) is 0 Å². The number of nitriles is 1. The van der Waals surface area contributed by atoms with Crippen LogP contribution in [-0.2, 0) is 14.6 Å². The fraction of sp³-hybridized carbons (Fsp3) is 0.417. The van der Waals surface area contributed by atoms with E-state index in [0.717, 1.165) is 5.75 Å². The van der Waals surface area contributed by atoms with E-state index in [9.17, 15) is 8.42 Å². The number of nitrogens with zero attached hydrogens (tertiary/aromatic N) is 1. The number of methoxy groups -OCH3 is 1. The van der Waals surface area contributed by atoms with Crippen molar-refractivity contribution in [1.29, 1.82) is 5.26 Å². The van der Waals surface area contributed by atoms with E-state index < -0.39 is 9.84 Å². The molecule has 1 aromatic carbocycles. The van der Waals surface area contributed by atoms with Gasteiger partial charge in [-0.3, -0.25) is 0 Å². The standard InChI is InChI=1S/C12H15NO3S2/c1-16-5-6-17-7-8-18(14,15)12-4-2-3-11(9-12)10-13/h2-4,9H,5-8H2,1H3. The van der Waals surface area contributed by atoms with Gasteiger partial charge in [-0.1, -0.05) is 6.07 Å². The summed E-state index contributed by atoms with van der Waals surface area (Å²) in [4.78, 5) is 0.217. The van der Waals surface area contributed by atoms with Gasteiger partial charge in [0.25, 0.3) is 0 Å². The number of hydrogen-bond donors (Lipinski definition) is 0. The lowest BCUT2D eigenvalue weighted by molar-refractivity contribution is 0.218. The normalized spacial score (nSPS) is 11.1. The largest absolute Gasteiger partial charge is 0.384 e. The first kappa shape index (κ1) is 15.0. The highest BCUT2D eigenvalue weighted by Crippen LogP contribution is 2.14. The van der Waals surface area contributed by atoms with Crippen molar-refractivity contribution in [1.82, 2.24) is 0 Å². The Labute approximate surface area is 112 Å². The van der Waals surface area contributed by atoms with Crippen molar-refractivity contribution >= 4 is 21.6 Å². The van der Waals surface area contributed by atoms with Gasteiger partial charge in [0.05, 0.1) is 28.9 Å². The number of ether oxygens (including phenoxy) is 1. The molecular weight excluding hydrogens is 270 g/mol. The topological polar surface area (TPSA) is 67.2 Å². The lowest BCUT2D eigenvalue weighted by Crippen LogP contribution is -2.09. The van der Waals surface area contributed by atoms with E-state index in [1.807, 2.05) is 6.07 Å². The fourth-order valence-corrected chi connectivity index (χ4v) is 3.96. The zero-order chi connectivity index (χ0) is 13.4. The van der Waals surface area contributed by atoms with Gasteiger partial charge in [-0.25, -0.2) is 8.42 Å². The fourth-order valence-electron chi connectivity index (χ4n) is 1.29. The molecule has 0 atom stereocenters. The summed E-state index contributed by atoms with van der Waals surface area (Å²) < 4.78 is 28.8. The molecule has 0 bridgehead atoms. The van der Waals surface area contributed by atoms with Gasteiger partial charge in [-0.15, -0.1) is 0 Å². The molecule has 0 fully saturated rings. The van der Waals surface area contributed by atoms with Crippen LogP contribution in [0.3, 0.4) is 0 Å². The number of benzene rings is 1. The Morgan fingerprint density at radius 1 is 1.39 bits per heavy atom. The molecule has 0 spiro atoms. The van der Waals surface area contributed by atoms with Gasteiger partial charge in [0.2, 0.25) is 0 Å². The predicted molar refractivity (Wildman–Crippen MR) is 72.4 cm³/mol. The van der Waals surface area contributed by atoms with Crippen molar-refractivity contribution in [2.75, 3.05) is 31.0 Å². The van der Waals surface area contributed by atoms with Gasteiger partial charge in [0.1, 0.15) is 0 Å². The molecule has 6 heteroatoms. The summed E-state index contributed by atoms with van der Waals surface area (Å²) in [6.45, 7) is 0.620. The van der Waals surface area contributed by atoms with Crippen LogP contribution in [0.4, 0.5) is 0 Å². The van der Waals surface area contributed by atoms with Crippen LogP contribution in [0.15, 0.2) is 29.2 Å². The summed E-state index contributed by atoms with van der Waals surface area (Å²) in [6.07, 6.45) is 0. The first-order valence-electron chi connectivity index (χ1n) is 5.40. The average Bonchev–Trinajstić information content (AvgIpc) is 2.38. The Hall–Kier alpha value is -1.03. The molecule has 0 heterocycles. The zero-order valence-corrected chi connectivity index (χ0v) is 11.8. The first-order valence-corrected chi connectivity index (χ1v) is 8.20. The Morgan fingerprint density at radius 3 is 2.83 bits per heavy atom. The summed E-state index contributed by atoms with van der Waals surface area (Å²) in [5.74, 6) is 1.39. The minimum Gasteiger partial charge on any atom is -0.384 e. The monoisotopic (exact) mass is 285 g/mol. The molecule has 4 nitrogen and oxygen atoms in total. The zero-order valence-electron chi connectivity index (χ0n) is 10.1. The van der Waals surface area contributed by atoms with E-state index in [4.69, 9.17) is 10.00 Å². The summed E-state index contributed by atoms with van der Waals surface area (Å²) in [7, 11) is -1.68. The van der Waals surface area contributed by atoms with Gasteiger partial charge >= 0.3 is 0 Å². The molecule has 0 aliphatic carbocycles. The lowest BCUT2D eigenvalue weighted by Gasteiger charge is -2.04. The summed E-state index contributed by atoms with van der Waals surface area (Å²) >= 11 is 1.54. The SMILES string of the molecule is COCCSCCS(=O)(=O)c1cccc(C#N)c1. The number of thioether (sulfide) groups is 1. The molecular formula is C12H15NO3S2. The second-order valence-corrected chi connectivity index (χ2v) is 6.90. The van der Waals surface area contributed by atoms with Crippen molar-refractivity contribution in [3.8, 4) is 6.07 Å². The highest BCUT2D eigenvalue weighted by Gasteiger charge is 2.14. The van der Waals surface area contributed by atoms with Crippen molar-refractivity contribution in [3.05, 3.63) is 29.8 Å². The second-order valence-electron chi connectivity index (χ2n) is 3.56. The van der Waals surface area contributed by atoms with Crippen LogP contribution >= 0.6 is 11.8 Å². The molecule has 0 aliphatic heterocycles. The van der Waals surface area contributed by atoms with Gasteiger partial charge in [0.15, 0.2) is 9.84 Å². The van der Waals surface area contributed by atoms with Crippen molar-refractivity contribution in [2.45, 2.75) is 4.90 Å². The van der Waals surface area contributed by atoms with Crippen LogP contribution in [0.1, 0.15) is 5.56 Å². The molecule has 0 unspecified atom stereocenters. The van der Waals surface area contributed by atoms with Crippen LogP contribution < -0.4 is 0 Å². The maximum absolute atomic E-state index is 12.0. The molecule has 1 rings (SSSR count). The Bertz CT molecular complexity index is 520. The van der Waals surface area contributed by atoms with E-state index in [-0.39, 0.29) is 10.6 Å². The van der Waals surface area contributed by atoms with Crippen LogP contribution in [-0.4, -0.2) is 39.4 Å².